The third-order valence-corrected chi connectivity index (χ3v) is 9.57. The molecule has 0 unspecified atom stereocenters. The van der Waals surface area contributed by atoms with E-state index in [2.05, 4.69) is 115 Å². The van der Waals surface area contributed by atoms with E-state index in [4.69, 9.17) is 4.74 Å². The molecule has 0 aliphatic heterocycles. The highest BCUT2D eigenvalue weighted by molar-refractivity contribution is 5.99. The number of ether oxygens (including phenoxy) is 1. The zero-order chi connectivity index (χ0) is 28.9. The number of hydrogen-bond donors (Lipinski definition) is 0. The lowest BCUT2D eigenvalue weighted by Gasteiger charge is -2.37. The van der Waals surface area contributed by atoms with Crippen LogP contribution < -0.4 is 4.74 Å². The number of rotatable bonds is 6. The summed E-state index contributed by atoms with van der Waals surface area (Å²) in [6.07, 6.45) is 1.29. The van der Waals surface area contributed by atoms with Gasteiger partial charge in [0.1, 0.15) is 11.2 Å². The van der Waals surface area contributed by atoms with E-state index < -0.39 is 10.8 Å². The topological polar surface area (TPSA) is 26.3 Å². The Morgan fingerprint density at radius 1 is 0.442 bits per heavy atom. The molecule has 0 spiro atoms. The molecule has 2 aliphatic rings. The Morgan fingerprint density at radius 3 is 1.35 bits per heavy atom. The third kappa shape index (κ3) is 3.69. The van der Waals surface area contributed by atoms with E-state index in [0.29, 0.717) is 12.2 Å². The van der Waals surface area contributed by atoms with Crippen LogP contribution in [-0.2, 0) is 15.6 Å². The second kappa shape index (κ2) is 9.96. The Balaban J connectivity index is 1.35. The van der Waals surface area contributed by atoms with E-state index in [-0.39, 0.29) is 5.97 Å². The highest BCUT2D eigenvalue weighted by Crippen LogP contribution is 2.58. The fourth-order valence-corrected chi connectivity index (χ4v) is 7.75. The lowest BCUT2D eigenvalue weighted by molar-refractivity contribution is -0.139. The zero-order valence-corrected chi connectivity index (χ0v) is 23.7. The summed E-state index contributed by atoms with van der Waals surface area (Å²) in [7, 11) is 0. The lowest BCUT2D eigenvalue weighted by atomic mass is 9.64. The van der Waals surface area contributed by atoms with Crippen molar-refractivity contribution in [3.8, 4) is 28.0 Å². The van der Waals surface area contributed by atoms with Gasteiger partial charge in [0.15, 0.2) is 0 Å². The minimum absolute atomic E-state index is 0.237. The van der Waals surface area contributed by atoms with Crippen molar-refractivity contribution in [3.63, 3.8) is 0 Å². The number of carbonyl (C=O) groups excluding carboxylic acids is 1. The van der Waals surface area contributed by atoms with Gasteiger partial charge in [-0.25, -0.2) is 0 Å². The molecule has 43 heavy (non-hydrogen) atoms. The van der Waals surface area contributed by atoms with Crippen molar-refractivity contribution in [2.45, 2.75) is 23.7 Å². The van der Waals surface area contributed by atoms with Crippen LogP contribution in [0, 0.1) is 0 Å². The molecule has 0 amide bonds. The average Bonchev–Trinajstić information content (AvgIpc) is 3.53. The summed E-state index contributed by atoms with van der Waals surface area (Å²) in [5.74, 6) is 0.321. The molecule has 6 aromatic rings. The maximum absolute atomic E-state index is 14.8. The van der Waals surface area contributed by atoms with Gasteiger partial charge in [-0.3, -0.25) is 4.79 Å². The van der Waals surface area contributed by atoms with Crippen LogP contribution in [0.3, 0.4) is 0 Å². The van der Waals surface area contributed by atoms with Gasteiger partial charge in [-0.05, 0) is 75.0 Å². The molecule has 0 aromatic heterocycles. The van der Waals surface area contributed by atoms with E-state index in [9.17, 15) is 4.79 Å². The maximum atomic E-state index is 14.8. The van der Waals surface area contributed by atoms with Crippen molar-refractivity contribution >= 4 is 5.97 Å². The maximum Gasteiger partial charge on any atom is 0.326 e. The highest BCUT2D eigenvalue weighted by Gasteiger charge is 2.53. The first-order valence-corrected chi connectivity index (χ1v) is 15.0. The molecule has 206 valence electrons. The molecule has 0 radical (unpaired) electrons. The molecule has 0 N–H and O–H groups in total. The highest BCUT2D eigenvalue weighted by atomic mass is 16.5. The van der Waals surface area contributed by atoms with Gasteiger partial charge in [0, 0.05) is 5.41 Å². The Morgan fingerprint density at radius 2 is 0.837 bits per heavy atom. The van der Waals surface area contributed by atoms with Crippen LogP contribution in [0.2, 0.25) is 0 Å². The van der Waals surface area contributed by atoms with Crippen molar-refractivity contribution < 1.29 is 9.53 Å². The van der Waals surface area contributed by atoms with Crippen molar-refractivity contribution in [2.75, 3.05) is 0 Å². The predicted molar refractivity (Wildman–Crippen MR) is 172 cm³/mol. The summed E-state index contributed by atoms with van der Waals surface area (Å²) in [6, 6.07) is 54.5. The lowest BCUT2D eigenvalue weighted by Crippen LogP contribution is -2.41. The van der Waals surface area contributed by atoms with E-state index >= 15 is 0 Å². The smallest absolute Gasteiger partial charge is 0.326 e. The Bertz CT molecular complexity index is 1880. The first-order chi connectivity index (χ1) is 21.2. The molecule has 0 fully saturated rings. The van der Waals surface area contributed by atoms with Gasteiger partial charge >= 0.3 is 5.97 Å². The number of carbonyl (C=O) groups is 1. The summed E-state index contributed by atoms with van der Waals surface area (Å²) in [5, 5.41) is 0. The quantitative estimate of drug-likeness (QED) is 0.151. The normalized spacial score (nSPS) is 14.7. The Labute approximate surface area is 252 Å². The van der Waals surface area contributed by atoms with E-state index in [0.717, 1.165) is 28.7 Å². The van der Waals surface area contributed by atoms with E-state index in [1.807, 2.05) is 42.5 Å². The number of benzene rings is 6. The summed E-state index contributed by atoms with van der Waals surface area (Å²) in [4.78, 5) is 14.8. The molecular formula is C41H30O2. The fourth-order valence-electron chi connectivity index (χ4n) is 7.75. The molecule has 2 nitrogen and oxygen atoms in total. The molecule has 0 heterocycles. The van der Waals surface area contributed by atoms with Crippen molar-refractivity contribution in [1.29, 1.82) is 0 Å². The first kappa shape index (κ1) is 25.5. The van der Waals surface area contributed by atoms with Crippen LogP contribution in [0.1, 0.15) is 40.7 Å². The number of esters is 1. The van der Waals surface area contributed by atoms with Crippen LogP contribution in [0.5, 0.6) is 5.75 Å². The minimum atomic E-state index is -0.975. The van der Waals surface area contributed by atoms with Gasteiger partial charge in [-0.2, -0.15) is 0 Å². The molecule has 0 saturated heterocycles. The van der Waals surface area contributed by atoms with Crippen LogP contribution in [-0.4, -0.2) is 5.97 Å². The number of para-hydroxylation sites is 1. The third-order valence-electron chi connectivity index (χ3n) is 9.57. The fraction of sp³-hybridized carbons (Fsp3) is 0.0976. The minimum Gasteiger partial charge on any atom is -0.426 e. The van der Waals surface area contributed by atoms with Crippen LogP contribution in [0.15, 0.2) is 158 Å². The van der Waals surface area contributed by atoms with Gasteiger partial charge < -0.3 is 4.74 Å². The first-order valence-electron chi connectivity index (χ1n) is 15.0. The molecule has 2 aliphatic carbocycles. The monoisotopic (exact) mass is 554 g/mol. The number of fused-ring (bicyclic) bond motifs is 6. The summed E-state index contributed by atoms with van der Waals surface area (Å²) in [6.45, 7) is 0. The molecule has 0 saturated carbocycles. The largest absolute Gasteiger partial charge is 0.426 e. The van der Waals surface area contributed by atoms with Crippen molar-refractivity contribution in [1.82, 2.24) is 0 Å². The van der Waals surface area contributed by atoms with Crippen molar-refractivity contribution in [3.05, 3.63) is 186 Å². The van der Waals surface area contributed by atoms with E-state index in [1.165, 1.54) is 27.8 Å². The Kier molecular flexibility index (Phi) is 5.90. The molecule has 0 atom stereocenters. The molecule has 8 rings (SSSR count). The molecule has 2 heteroatoms. The summed E-state index contributed by atoms with van der Waals surface area (Å²) >= 11 is 0. The molecule has 0 bridgehead atoms. The Hall–Kier alpha value is -5.21. The SMILES string of the molecule is O=C(Oc1ccccc1)C1(CCC2(c3ccccc3)c3ccccc3-c3ccccc32)c2ccccc2-c2ccccc21. The predicted octanol–water partition coefficient (Wildman–Crippen LogP) is 9.35. The average molecular weight is 555 g/mol. The van der Waals surface area contributed by atoms with Crippen LogP contribution in [0.25, 0.3) is 22.3 Å². The molecule has 6 aromatic carbocycles. The number of hydrogen-bond acceptors (Lipinski definition) is 2. The van der Waals surface area contributed by atoms with E-state index in [1.54, 1.807) is 0 Å². The van der Waals surface area contributed by atoms with Crippen LogP contribution in [0.4, 0.5) is 0 Å². The van der Waals surface area contributed by atoms with Gasteiger partial charge in [0.2, 0.25) is 0 Å². The van der Waals surface area contributed by atoms with Crippen LogP contribution >= 0.6 is 0 Å². The second-order valence-corrected chi connectivity index (χ2v) is 11.6. The van der Waals surface area contributed by atoms with Gasteiger partial charge in [0.05, 0.1) is 0 Å². The zero-order valence-electron chi connectivity index (χ0n) is 23.7. The standard InChI is InChI=1S/C41H30O2/c42-39(43-30-17-5-2-6-18-30)41(37-25-13-9-21-33(37)34-22-10-14-26-38(34)41)28-27-40(29-15-3-1-4-16-29)35-23-11-7-19-31(35)32-20-8-12-24-36(32)40/h1-26H,27-28H2. The summed E-state index contributed by atoms with van der Waals surface area (Å²) < 4.78 is 6.27. The summed E-state index contributed by atoms with van der Waals surface area (Å²) in [5.41, 5.74) is 9.15. The van der Waals surface area contributed by atoms with Gasteiger partial charge in [-0.1, -0.05) is 146 Å². The van der Waals surface area contributed by atoms with Gasteiger partial charge in [0.25, 0.3) is 0 Å². The van der Waals surface area contributed by atoms with Gasteiger partial charge in [-0.15, -0.1) is 0 Å². The second-order valence-electron chi connectivity index (χ2n) is 11.6. The van der Waals surface area contributed by atoms with Crippen molar-refractivity contribution in [2.24, 2.45) is 0 Å². The molecular weight excluding hydrogens is 524 g/mol.